The highest BCUT2D eigenvalue weighted by Crippen LogP contribution is 2.38. The first-order chi connectivity index (χ1) is 23.2. The number of carboxylic acid groups (broad SMARTS) is 1. The van der Waals surface area contributed by atoms with Crippen LogP contribution in [0.2, 0.25) is 0 Å². The van der Waals surface area contributed by atoms with Gasteiger partial charge in [0.25, 0.3) is 0 Å². The van der Waals surface area contributed by atoms with Crippen LogP contribution < -0.4 is 10.6 Å². The summed E-state index contributed by atoms with van der Waals surface area (Å²) in [6.45, 7) is 6.50. The molecule has 3 aliphatic rings. The van der Waals surface area contributed by atoms with Crippen molar-refractivity contribution in [3.63, 3.8) is 0 Å². The lowest BCUT2D eigenvalue weighted by Crippen LogP contribution is -2.35. The summed E-state index contributed by atoms with van der Waals surface area (Å²) in [7, 11) is 0. The molecule has 1 aliphatic heterocycles. The lowest BCUT2D eigenvalue weighted by molar-refractivity contribution is -0.143. The molecule has 2 fully saturated rings. The molecule has 3 heterocycles. The molecule has 3 N–H and O–H groups in total. The summed E-state index contributed by atoms with van der Waals surface area (Å²) < 4.78 is 30.5. The minimum atomic E-state index is -2.62. The highest BCUT2D eigenvalue weighted by Gasteiger charge is 2.34. The molecule has 3 aromatic rings. The molecule has 0 amide bonds. The highest BCUT2D eigenvalue weighted by atomic mass is 19.3. The Bertz CT molecular complexity index is 1510. The first-order valence-corrected chi connectivity index (χ1v) is 18.0. The number of halogens is 2. The third-order valence-corrected chi connectivity index (χ3v) is 10.9. The van der Waals surface area contributed by atoms with Gasteiger partial charge in [0.05, 0.1) is 23.9 Å². The maximum Gasteiger partial charge on any atom is 0.306 e. The van der Waals surface area contributed by atoms with Crippen molar-refractivity contribution in [3.8, 4) is 0 Å². The molecule has 48 heavy (non-hydrogen) atoms. The van der Waals surface area contributed by atoms with Gasteiger partial charge in [0.2, 0.25) is 11.9 Å². The normalized spacial score (nSPS) is 24.2. The van der Waals surface area contributed by atoms with Crippen LogP contribution in [-0.2, 0) is 24.2 Å². The maximum absolute atomic E-state index is 14.3. The Morgan fingerprint density at radius 2 is 1.83 bits per heavy atom. The summed E-state index contributed by atoms with van der Waals surface area (Å²) in [6.07, 6.45) is 10.9. The lowest BCUT2D eigenvalue weighted by Gasteiger charge is -2.33. The number of hydrogen-bond acceptors (Lipinski definition) is 7. The van der Waals surface area contributed by atoms with E-state index in [1.54, 1.807) is 0 Å². The molecular weight excluding hydrogens is 612 g/mol. The van der Waals surface area contributed by atoms with Gasteiger partial charge >= 0.3 is 5.97 Å². The van der Waals surface area contributed by atoms with Gasteiger partial charge in [-0.05, 0) is 88.7 Å². The van der Waals surface area contributed by atoms with E-state index in [4.69, 9.17) is 9.97 Å². The fraction of sp³-hybridized carbons (Fsp3) is 0.622. The molecule has 9 nitrogen and oxygen atoms in total. The van der Waals surface area contributed by atoms with Crippen molar-refractivity contribution < 1.29 is 18.7 Å². The van der Waals surface area contributed by atoms with E-state index >= 15 is 0 Å². The molecule has 1 aromatic carbocycles. The zero-order chi connectivity index (χ0) is 33.7. The average molecular weight is 664 g/mol. The van der Waals surface area contributed by atoms with E-state index in [0.29, 0.717) is 56.7 Å². The Kier molecular flexibility index (Phi) is 10.9. The smallest absolute Gasteiger partial charge is 0.306 e. The predicted octanol–water partition coefficient (Wildman–Crippen LogP) is 7.32. The molecule has 0 bridgehead atoms. The number of aryl methyl sites for hydroxylation is 2. The van der Waals surface area contributed by atoms with Crippen molar-refractivity contribution in [2.75, 3.05) is 30.3 Å². The molecule has 1 saturated heterocycles. The molecular formula is C37H51F2N7O2. The van der Waals surface area contributed by atoms with E-state index in [9.17, 15) is 18.7 Å². The van der Waals surface area contributed by atoms with Crippen molar-refractivity contribution in [1.82, 2.24) is 24.6 Å². The fourth-order valence-corrected chi connectivity index (χ4v) is 7.98. The zero-order valence-electron chi connectivity index (χ0n) is 28.4. The third kappa shape index (κ3) is 8.33. The molecule has 0 radical (unpaired) electrons. The van der Waals surface area contributed by atoms with Crippen molar-refractivity contribution in [2.45, 2.75) is 115 Å². The van der Waals surface area contributed by atoms with Crippen LogP contribution in [0.5, 0.6) is 0 Å². The number of hydrogen-bond donors (Lipinski definition) is 3. The Labute approximate surface area is 282 Å². The molecule has 2 aromatic heterocycles. The average Bonchev–Trinajstić information content (AvgIpc) is 3.52. The van der Waals surface area contributed by atoms with Crippen LogP contribution in [0.3, 0.4) is 0 Å². The molecule has 6 rings (SSSR count). The molecule has 0 unspecified atom stereocenters. The van der Waals surface area contributed by atoms with Crippen LogP contribution in [0.15, 0.2) is 42.7 Å². The van der Waals surface area contributed by atoms with Gasteiger partial charge in [-0.2, -0.15) is 10.1 Å². The number of rotatable bonds is 12. The van der Waals surface area contributed by atoms with Gasteiger partial charge in [-0.3, -0.25) is 9.48 Å². The van der Waals surface area contributed by atoms with Gasteiger partial charge in [-0.15, -0.1) is 0 Å². The number of nitrogens with one attached hydrogen (secondary N) is 2. The summed E-state index contributed by atoms with van der Waals surface area (Å²) >= 11 is 0. The number of likely N-dealkylation sites (tertiary alicyclic amines) is 1. The number of nitrogens with zero attached hydrogens (tertiary/aromatic N) is 5. The number of aliphatic carboxylic acids is 1. The van der Waals surface area contributed by atoms with E-state index in [2.05, 4.69) is 58.7 Å². The van der Waals surface area contributed by atoms with Crippen LogP contribution in [0.4, 0.5) is 20.5 Å². The van der Waals surface area contributed by atoms with Crippen LogP contribution in [-0.4, -0.2) is 67.3 Å². The first kappa shape index (κ1) is 34.3. The van der Waals surface area contributed by atoms with Crippen LogP contribution in [0.1, 0.15) is 106 Å². The Morgan fingerprint density at radius 3 is 2.54 bits per heavy atom. The zero-order valence-corrected chi connectivity index (χ0v) is 28.4. The van der Waals surface area contributed by atoms with Gasteiger partial charge in [-0.25, -0.2) is 13.8 Å². The summed E-state index contributed by atoms with van der Waals surface area (Å²) in [6, 6.07) is 10.6. The van der Waals surface area contributed by atoms with Gasteiger partial charge in [-0.1, -0.05) is 37.3 Å². The molecule has 1 saturated carbocycles. The molecule has 3 atom stereocenters. The predicted molar refractivity (Wildman–Crippen MR) is 184 cm³/mol. The van der Waals surface area contributed by atoms with Crippen LogP contribution in [0, 0.1) is 11.8 Å². The molecule has 260 valence electrons. The highest BCUT2D eigenvalue weighted by molar-refractivity contribution is 5.70. The number of benzene rings is 1. The standard InChI is InChI=1S/C37H51F2N7O2/c1-3-31(26-11-13-27(14-12-26)35(47)48)42-36-43-32-16-15-28(25-9-6-5-7-10-25)21-30(32)34(44-36)41-33(29-22-40-46(4-2)23-29)24-45-19-8-17-37(38,39)18-20-45/h5-7,9-10,22-23,26-28,31,33H,3-4,8,11-21,24H2,1-2H3,(H,47,48)(H2,41,42,43,44)/t26?,27?,28-,31-,33+/m1/s1. The quantitative estimate of drug-likeness (QED) is 0.185. The van der Waals surface area contributed by atoms with E-state index in [1.807, 2.05) is 23.1 Å². The second kappa shape index (κ2) is 15.3. The van der Waals surface area contributed by atoms with E-state index in [-0.39, 0.29) is 30.8 Å². The number of anilines is 2. The van der Waals surface area contributed by atoms with Crippen molar-refractivity contribution in [1.29, 1.82) is 0 Å². The number of aromatic nitrogens is 4. The minimum Gasteiger partial charge on any atom is -0.481 e. The second-order valence-corrected chi connectivity index (χ2v) is 14.1. The lowest BCUT2D eigenvalue weighted by atomic mass is 9.78. The largest absolute Gasteiger partial charge is 0.481 e. The number of carboxylic acids is 1. The number of alkyl halides is 2. The van der Waals surface area contributed by atoms with Gasteiger partial charge in [0.1, 0.15) is 5.82 Å². The monoisotopic (exact) mass is 663 g/mol. The SMILES string of the molecule is CC[C@@H](Nc1nc2c(c(N[C@@H](CN3CCCC(F)(F)CC3)c3cnn(CC)c3)n1)C[C@H](c1ccccc1)CC2)C1CCC(C(=O)O)CC1. The van der Waals surface area contributed by atoms with Gasteiger partial charge < -0.3 is 20.6 Å². The Hall–Kier alpha value is -3.60. The Morgan fingerprint density at radius 1 is 1.04 bits per heavy atom. The topological polar surface area (TPSA) is 108 Å². The second-order valence-electron chi connectivity index (χ2n) is 14.1. The summed E-state index contributed by atoms with van der Waals surface area (Å²) in [5.74, 6) is -1.46. The van der Waals surface area contributed by atoms with Crippen LogP contribution >= 0.6 is 0 Å². The summed E-state index contributed by atoms with van der Waals surface area (Å²) in [5, 5.41) is 21.6. The van der Waals surface area contributed by atoms with E-state index in [1.165, 1.54) is 5.56 Å². The first-order valence-electron chi connectivity index (χ1n) is 18.0. The van der Waals surface area contributed by atoms with E-state index < -0.39 is 11.9 Å². The van der Waals surface area contributed by atoms with Crippen molar-refractivity contribution >= 4 is 17.7 Å². The maximum atomic E-state index is 14.3. The van der Waals surface area contributed by atoms with E-state index in [0.717, 1.165) is 67.7 Å². The van der Waals surface area contributed by atoms with Gasteiger partial charge in [0, 0.05) is 55.8 Å². The summed E-state index contributed by atoms with van der Waals surface area (Å²) in [5.41, 5.74) is 4.48. The van der Waals surface area contributed by atoms with Gasteiger partial charge in [0.15, 0.2) is 0 Å². The third-order valence-electron chi connectivity index (χ3n) is 10.9. The minimum absolute atomic E-state index is 0.0682. The van der Waals surface area contributed by atoms with Crippen LogP contribution in [0.25, 0.3) is 0 Å². The summed E-state index contributed by atoms with van der Waals surface area (Å²) in [4.78, 5) is 24.0. The molecule has 2 aliphatic carbocycles. The molecule has 0 spiro atoms. The van der Waals surface area contributed by atoms with Crippen molar-refractivity contribution in [3.05, 3.63) is 65.1 Å². The Balaban J connectivity index is 1.30. The van der Waals surface area contributed by atoms with Crippen molar-refractivity contribution in [2.24, 2.45) is 11.8 Å². The number of carbonyl (C=O) groups is 1. The fourth-order valence-electron chi connectivity index (χ4n) is 7.98. The number of fused-ring (bicyclic) bond motifs is 1. The molecule has 11 heteroatoms.